The van der Waals surface area contributed by atoms with Crippen molar-refractivity contribution in [2.75, 3.05) is 7.11 Å². The monoisotopic (exact) mass is 254 g/mol. The first-order chi connectivity index (χ1) is 9.28. The molecule has 0 fully saturated rings. The second kappa shape index (κ2) is 4.65. The van der Waals surface area contributed by atoms with Crippen LogP contribution in [0.3, 0.4) is 0 Å². The van der Waals surface area contributed by atoms with Gasteiger partial charge in [0.1, 0.15) is 11.3 Å². The lowest BCUT2D eigenvalue weighted by Gasteiger charge is -2.06. The zero-order chi connectivity index (χ0) is 13.2. The van der Waals surface area contributed by atoms with Crippen LogP contribution in [0.5, 0.6) is 5.75 Å². The SMILES string of the molecule is COc1ccc(Cc2c[nH]c(=O)c3cccn23)cc1. The van der Waals surface area contributed by atoms with Crippen LogP contribution in [0.15, 0.2) is 53.6 Å². The number of ether oxygens (including phenoxy) is 1. The van der Waals surface area contributed by atoms with Crippen molar-refractivity contribution >= 4 is 5.52 Å². The second-order valence-electron chi connectivity index (χ2n) is 4.40. The molecule has 0 saturated carbocycles. The van der Waals surface area contributed by atoms with Crippen LogP contribution in [0, 0.1) is 0 Å². The van der Waals surface area contributed by atoms with Crippen LogP contribution < -0.4 is 10.3 Å². The van der Waals surface area contributed by atoms with Gasteiger partial charge in [-0.1, -0.05) is 12.1 Å². The topological polar surface area (TPSA) is 46.5 Å². The van der Waals surface area contributed by atoms with Crippen LogP contribution >= 0.6 is 0 Å². The molecule has 0 bridgehead atoms. The zero-order valence-electron chi connectivity index (χ0n) is 10.6. The molecule has 0 radical (unpaired) electrons. The van der Waals surface area contributed by atoms with Crippen LogP contribution in [0.2, 0.25) is 0 Å². The fourth-order valence-corrected chi connectivity index (χ4v) is 2.20. The second-order valence-corrected chi connectivity index (χ2v) is 4.40. The Morgan fingerprint density at radius 3 is 2.74 bits per heavy atom. The molecule has 0 amide bonds. The highest BCUT2D eigenvalue weighted by Crippen LogP contribution is 2.15. The minimum Gasteiger partial charge on any atom is -0.497 e. The number of aromatic nitrogens is 2. The average Bonchev–Trinajstić information content (AvgIpc) is 2.93. The van der Waals surface area contributed by atoms with Crippen LogP contribution in [0.4, 0.5) is 0 Å². The van der Waals surface area contributed by atoms with E-state index in [4.69, 9.17) is 4.74 Å². The van der Waals surface area contributed by atoms with Crippen molar-refractivity contribution in [3.63, 3.8) is 0 Å². The van der Waals surface area contributed by atoms with Crippen LogP contribution in [0.25, 0.3) is 5.52 Å². The molecule has 1 N–H and O–H groups in total. The molecule has 2 heterocycles. The van der Waals surface area contributed by atoms with Crippen LogP contribution in [0.1, 0.15) is 11.3 Å². The predicted molar refractivity (Wildman–Crippen MR) is 73.8 cm³/mol. The number of nitrogens with zero attached hydrogens (tertiary/aromatic N) is 1. The molecular formula is C15H14N2O2. The quantitative estimate of drug-likeness (QED) is 0.779. The Labute approximate surface area is 110 Å². The van der Waals surface area contributed by atoms with Gasteiger partial charge in [-0.2, -0.15) is 0 Å². The van der Waals surface area contributed by atoms with E-state index in [0.717, 1.165) is 17.9 Å². The van der Waals surface area contributed by atoms with E-state index in [2.05, 4.69) is 4.98 Å². The summed E-state index contributed by atoms with van der Waals surface area (Å²) in [5.41, 5.74) is 2.82. The molecule has 3 aromatic rings. The van der Waals surface area contributed by atoms with Crippen molar-refractivity contribution in [3.05, 3.63) is 70.4 Å². The van der Waals surface area contributed by atoms with Gasteiger partial charge in [-0.05, 0) is 29.8 Å². The molecular weight excluding hydrogens is 240 g/mol. The number of H-pyrrole nitrogens is 1. The maximum Gasteiger partial charge on any atom is 0.272 e. The van der Waals surface area contributed by atoms with Crippen LogP contribution in [-0.4, -0.2) is 16.5 Å². The Morgan fingerprint density at radius 1 is 1.21 bits per heavy atom. The maximum atomic E-state index is 11.6. The van der Waals surface area contributed by atoms with Gasteiger partial charge in [0.15, 0.2) is 0 Å². The van der Waals surface area contributed by atoms with Crippen molar-refractivity contribution in [1.29, 1.82) is 0 Å². The Kier molecular flexibility index (Phi) is 2.83. The highest BCUT2D eigenvalue weighted by atomic mass is 16.5. The fraction of sp³-hybridized carbons (Fsp3) is 0.133. The van der Waals surface area contributed by atoms with Gasteiger partial charge in [0.25, 0.3) is 5.56 Å². The molecule has 0 aliphatic heterocycles. The third-order valence-corrected chi connectivity index (χ3v) is 3.21. The highest BCUT2D eigenvalue weighted by molar-refractivity contribution is 5.46. The molecule has 19 heavy (non-hydrogen) atoms. The first-order valence-electron chi connectivity index (χ1n) is 6.08. The van der Waals surface area contributed by atoms with E-state index in [9.17, 15) is 4.79 Å². The third kappa shape index (κ3) is 2.12. The highest BCUT2D eigenvalue weighted by Gasteiger charge is 2.04. The summed E-state index contributed by atoms with van der Waals surface area (Å²) < 4.78 is 7.06. The van der Waals surface area contributed by atoms with Gasteiger partial charge in [-0.3, -0.25) is 4.79 Å². The van der Waals surface area contributed by atoms with E-state index in [0.29, 0.717) is 5.52 Å². The molecule has 1 aromatic carbocycles. The van der Waals surface area contributed by atoms with Gasteiger partial charge in [0.2, 0.25) is 0 Å². The molecule has 96 valence electrons. The summed E-state index contributed by atoms with van der Waals surface area (Å²) in [5, 5.41) is 0. The average molecular weight is 254 g/mol. The Bertz CT molecular complexity index is 754. The number of nitrogens with one attached hydrogen (secondary N) is 1. The molecule has 0 aliphatic rings. The van der Waals surface area contributed by atoms with Gasteiger partial charge in [0, 0.05) is 24.5 Å². The lowest BCUT2D eigenvalue weighted by atomic mass is 10.1. The number of fused-ring (bicyclic) bond motifs is 1. The molecule has 4 heteroatoms. The van der Waals surface area contributed by atoms with Gasteiger partial charge in [-0.15, -0.1) is 0 Å². The van der Waals surface area contributed by atoms with Crippen molar-refractivity contribution in [2.24, 2.45) is 0 Å². The molecule has 0 unspecified atom stereocenters. The van der Waals surface area contributed by atoms with E-state index in [1.54, 1.807) is 13.3 Å². The number of rotatable bonds is 3. The van der Waals surface area contributed by atoms with Gasteiger partial charge in [-0.25, -0.2) is 0 Å². The summed E-state index contributed by atoms with van der Waals surface area (Å²) in [6.45, 7) is 0. The maximum absolute atomic E-state index is 11.6. The molecule has 0 saturated heterocycles. The normalized spacial score (nSPS) is 10.8. The zero-order valence-corrected chi connectivity index (χ0v) is 10.6. The van der Waals surface area contributed by atoms with Gasteiger partial charge >= 0.3 is 0 Å². The molecule has 2 aromatic heterocycles. The molecule has 3 rings (SSSR count). The molecule has 4 nitrogen and oxygen atoms in total. The summed E-state index contributed by atoms with van der Waals surface area (Å²) in [7, 11) is 1.65. The first-order valence-corrected chi connectivity index (χ1v) is 6.08. The number of benzene rings is 1. The number of methoxy groups -OCH3 is 1. The lowest BCUT2D eigenvalue weighted by Crippen LogP contribution is -2.11. The molecule has 0 atom stereocenters. The van der Waals surface area contributed by atoms with Crippen molar-refractivity contribution in [3.8, 4) is 5.75 Å². The standard InChI is InChI=1S/C15H14N2O2/c1-19-13-6-4-11(5-7-13)9-12-10-16-15(18)14-3-2-8-17(12)14/h2-8,10H,9H2,1H3,(H,16,18). The molecule has 0 aliphatic carbocycles. The lowest BCUT2D eigenvalue weighted by molar-refractivity contribution is 0.414. The van der Waals surface area contributed by atoms with Crippen molar-refractivity contribution in [2.45, 2.75) is 6.42 Å². The summed E-state index contributed by atoms with van der Waals surface area (Å²) in [6, 6.07) is 11.6. The van der Waals surface area contributed by atoms with E-state index in [1.165, 1.54) is 5.56 Å². The Morgan fingerprint density at radius 2 is 2.00 bits per heavy atom. The van der Waals surface area contributed by atoms with Crippen molar-refractivity contribution < 1.29 is 4.74 Å². The van der Waals surface area contributed by atoms with E-state index >= 15 is 0 Å². The third-order valence-electron chi connectivity index (χ3n) is 3.21. The minimum absolute atomic E-state index is 0.0662. The summed E-state index contributed by atoms with van der Waals surface area (Å²) in [6.07, 6.45) is 4.43. The summed E-state index contributed by atoms with van der Waals surface area (Å²) in [5.74, 6) is 0.844. The van der Waals surface area contributed by atoms with Crippen LogP contribution in [-0.2, 0) is 6.42 Å². The van der Waals surface area contributed by atoms with Gasteiger partial charge < -0.3 is 14.1 Å². The van der Waals surface area contributed by atoms with E-state index < -0.39 is 0 Å². The Balaban J connectivity index is 1.98. The number of hydrogen-bond acceptors (Lipinski definition) is 2. The Hall–Kier alpha value is -2.49. The number of aromatic amines is 1. The summed E-state index contributed by atoms with van der Waals surface area (Å²) >= 11 is 0. The number of hydrogen-bond donors (Lipinski definition) is 1. The van der Waals surface area contributed by atoms with E-state index in [-0.39, 0.29) is 5.56 Å². The fourth-order valence-electron chi connectivity index (χ4n) is 2.20. The van der Waals surface area contributed by atoms with E-state index in [1.807, 2.05) is 47.0 Å². The predicted octanol–water partition coefficient (Wildman–Crippen LogP) is 2.23. The smallest absolute Gasteiger partial charge is 0.272 e. The van der Waals surface area contributed by atoms with Crippen molar-refractivity contribution in [1.82, 2.24) is 9.38 Å². The first kappa shape index (κ1) is 11.6. The van der Waals surface area contributed by atoms with Gasteiger partial charge in [0.05, 0.1) is 7.11 Å². The summed E-state index contributed by atoms with van der Waals surface area (Å²) in [4.78, 5) is 14.4. The largest absolute Gasteiger partial charge is 0.497 e. The molecule has 0 spiro atoms. The minimum atomic E-state index is -0.0662.